The number of rotatable bonds is 5. The highest BCUT2D eigenvalue weighted by Gasteiger charge is 2.16. The monoisotopic (exact) mass is 251 g/mol. The van der Waals surface area contributed by atoms with Crippen LogP contribution in [0.1, 0.15) is 26.3 Å². The van der Waals surface area contributed by atoms with Crippen LogP contribution in [0, 0.1) is 0 Å². The highest BCUT2D eigenvalue weighted by atomic mass is 16.6. The zero-order valence-electron chi connectivity index (χ0n) is 11.2. The molecule has 18 heavy (non-hydrogen) atoms. The quantitative estimate of drug-likeness (QED) is 0.812. The molecule has 1 aromatic carbocycles. The van der Waals surface area contributed by atoms with Gasteiger partial charge in [0.25, 0.3) is 0 Å². The molecule has 0 bridgehead atoms. The van der Waals surface area contributed by atoms with Crippen LogP contribution in [-0.2, 0) is 16.0 Å². The van der Waals surface area contributed by atoms with Gasteiger partial charge in [0, 0.05) is 0 Å². The number of ether oxygens (including phenoxy) is 2. The van der Waals surface area contributed by atoms with E-state index in [-0.39, 0.29) is 12.6 Å². The molecule has 0 amide bonds. The first-order valence-corrected chi connectivity index (χ1v) is 6.04. The van der Waals surface area contributed by atoms with Crippen LogP contribution in [0.2, 0.25) is 0 Å². The number of hydrogen-bond acceptors (Lipinski definition) is 4. The molecule has 0 atom stereocenters. The van der Waals surface area contributed by atoms with E-state index in [0.717, 1.165) is 12.0 Å². The fourth-order valence-electron chi connectivity index (χ4n) is 1.47. The van der Waals surface area contributed by atoms with Crippen molar-refractivity contribution in [2.75, 3.05) is 13.2 Å². The Morgan fingerprint density at radius 2 is 2.06 bits per heavy atom. The molecule has 0 heterocycles. The molecule has 100 valence electrons. The van der Waals surface area contributed by atoms with E-state index in [1.54, 1.807) is 0 Å². The van der Waals surface area contributed by atoms with E-state index in [9.17, 15) is 4.79 Å². The lowest BCUT2D eigenvalue weighted by Crippen LogP contribution is -2.27. The number of hydrogen-bond donors (Lipinski definition) is 1. The van der Waals surface area contributed by atoms with Gasteiger partial charge in [0.15, 0.2) is 6.61 Å². The van der Waals surface area contributed by atoms with Crippen molar-refractivity contribution in [2.45, 2.75) is 32.8 Å². The van der Waals surface area contributed by atoms with Crippen LogP contribution in [0.5, 0.6) is 5.75 Å². The third-order valence-electron chi connectivity index (χ3n) is 2.11. The summed E-state index contributed by atoms with van der Waals surface area (Å²) in [5.41, 5.74) is 6.10. The second kappa shape index (κ2) is 6.40. The summed E-state index contributed by atoms with van der Waals surface area (Å²) in [6.07, 6.45) is 0.795. The van der Waals surface area contributed by atoms with Crippen LogP contribution >= 0.6 is 0 Å². The van der Waals surface area contributed by atoms with Crippen LogP contribution in [0.15, 0.2) is 24.3 Å². The molecule has 0 unspecified atom stereocenters. The Labute approximate surface area is 108 Å². The van der Waals surface area contributed by atoms with Crippen LogP contribution in [0.4, 0.5) is 0 Å². The first-order valence-electron chi connectivity index (χ1n) is 6.04. The second-order valence-electron chi connectivity index (χ2n) is 5.06. The van der Waals surface area contributed by atoms with E-state index < -0.39 is 5.60 Å². The number of carbonyl (C=O) groups is 1. The van der Waals surface area contributed by atoms with Gasteiger partial charge in [0.2, 0.25) is 0 Å². The van der Waals surface area contributed by atoms with E-state index in [0.29, 0.717) is 12.3 Å². The average molecular weight is 251 g/mol. The number of nitrogens with two attached hydrogens (primary N) is 1. The van der Waals surface area contributed by atoms with Crippen LogP contribution in [0.25, 0.3) is 0 Å². The highest BCUT2D eigenvalue weighted by molar-refractivity contribution is 5.71. The summed E-state index contributed by atoms with van der Waals surface area (Å²) in [5, 5.41) is 0. The maximum Gasteiger partial charge on any atom is 0.344 e. The first kappa shape index (κ1) is 14.5. The molecule has 0 radical (unpaired) electrons. The van der Waals surface area contributed by atoms with Crippen molar-refractivity contribution < 1.29 is 14.3 Å². The Kier molecular flexibility index (Phi) is 5.16. The Morgan fingerprint density at radius 1 is 1.33 bits per heavy atom. The van der Waals surface area contributed by atoms with Crippen molar-refractivity contribution in [1.82, 2.24) is 0 Å². The summed E-state index contributed by atoms with van der Waals surface area (Å²) in [7, 11) is 0. The first-order chi connectivity index (χ1) is 8.40. The van der Waals surface area contributed by atoms with E-state index in [2.05, 4.69) is 0 Å². The minimum absolute atomic E-state index is 0.0800. The topological polar surface area (TPSA) is 61.5 Å². The molecule has 0 saturated carbocycles. The van der Waals surface area contributed by atoms with Gasteiger partial charge in [-0.25, -0.2) is 4.79 Å². The van der Waals surface area contributed by atoms with E-state index in [1.165, 1.54) is 0 Å². The smallest absolute Gasteiger partial charge is 0.344 e. The number of carbonyl (C=O) groups excluding carboxylic acids is 1. The third kappa shape index (κ3) is 5.68. The molecule has 4 heteroatoms. The van der Waals surface area contributed by atoms with Crippen LogP contribution < -0.4 is 10.5 Å². The summed E-state index contributed by atoms with van der Waals surface area (Å²) < 4.78 is 10.5. The largest absolute Gasteiger partial charge is 0.482 e. The maximum atomic E-state index is 11.5. The Morgan fingerprint density at radius 3 is 2.67 bits per heavy atom. The van der Waals surface area contributed by atoms with Gasteiger partial charge < -0.3 is 15.2 Å². The van der Waals surface area contributed by atoms with Gasteiger partial charge in [0.1, 0.15) is 11.4 Å². The lowest BCUT2D eigenvalue weighted by Gasteiger charge is -2.19. The molecule has 0 aliphatic rings. The molecule has 0 fully saturated rings. The van der Waals surface area contributed by atoms with Crippen molar-refractivity contribution in [1.29, 1.82) is 0 Å². The minimum atomic E-state index is -0.484. The Balaban J connectivity index is 2.48. The molecule has 0 aliphatic carbocycles. The molecule has 1 aromatic rings. The van der Waals surface area contributed by atoms with Gasteiger partial charge in [-0.3, -0.25) is 0 Å². The van der Waals surface area contributed by atoms with Gasteiger partial charge in [-0.1, -0.05) is 12.1 Å². The number of benzene rings is 1. The van der Waals surface area contributed by atoms with Crippen molar-refractivity contribution in [2.24, 2.45) is 5.73 Å². The van der Waals surface area contributed by atoms with E-state index >= 15 is 0 Å². The minimum Gasteiger partial charge on any atom is -0.482 e. The van der Waals surface area contributed by atoms with Gasteiger partial charge in [-0.15, -0.1) is 0 Å². The highest BCUT2D eigenvalue weighted by Crippen LogP contribution is 2.14. The molecule has 1 rings (SSSR count). The molecule has 0 aromatic heterocycles. The lowest BCUT2D eigenvalue weighted by atomic mass is 10.1. The van der Waals surface area contributed by atoms with Gasteiger partial charge in [-0.05, 0) is 51.4 Å². The van der Waals surface area contributed by atoms with Gasteiger partial charge >= 0.3 is 5.97 Å². The summed E-state index contributed by atoms with van der Waals surface area (Å²) in [5.74, 6) is 0.290. The van der Waals surface area contributed by atoms with Crippen LogP contribution in [-0.4, -0.2) is 24.7 Å². The van der Waals surface area contributed by atoms with Crippen molar-refractivity contribution in [3.05, 3.63) is 29.8 Å². The fraction of sp³-hybridized carbons (Fsp3) is 0.500. The molecule has 0 aliphatic heterocycles. The van der Waals surface area contributed by atoms with Crippen molar-refractivity contribution in [3.63, 3.8) is 0 Å². The second-order valence-corrected chi connectivity index (χ2v) is 5.06. The molecular weight excluding hydrogens is 230 g/mol. The molecule has 0 saturated heterocycles. The zero-order valence-corrected chi connectivity index (χ0v) is 11.2. The number of esters is 1. The Bertz CT molecular complexity index is 396. The van der Waals surface area contributed by atoms with E-state index in [4.69, 9.17) is 15.2 Å². The Hall–Kier alpha value is -1.55. The summed E-state index contributed by atoms with van der Waals surface area (Å²) in [6.45, 7) is 5.99. The van der Waals surface area contributed by atoms with E-state index in [1.807, 2.05) is 45.0 Å². The zero-order chi connectivity index (χ0) is 13.6. The normalized spacial score (nSPS) is 11.1. The molecule has 0 spiro atoms. The molecular formula is C14H21NO3. The maximum absolute atomic E-state index is 11.5. The molecule has 4 nitrogen and oxygen atoms in total. The molecule has 2 N–H and O–H groups in total. The van der Waals surface area contributed by atoms with Gasteiger partial charge in [0.05, 0.1) is 0 Å². The van der Waals surface area contributed by atoms with Crippen molar-refractivity contribution >= 4 is 5.97 Å². The third-order valence-corrected chi connectivity index (χ3v) is 2.11. The lowest BCUT2D eigenvalue weighted by molar-refractivity contribution is -0.157. The SMILES string of the molecule is CC(C)(C)OC(=O)COc1cccc(CCN)c1. The predicted octanol–water partition coefficient (Wildman–Crippen LogP) is 1.91. The van der Waals surface area contributed by atoms with Crippen LogP contribution in [0.3, 0.4) is 0 Å². The fourth-order valence-corrected chi connectivity index (χ4v) is 1.47. The summed E-state index contributed by atoms with van der Waals surface area (Å²) in [6, 6.07) is 7.56. The standard InChI is InChI=1S/C14H21NO3/c1-14(2,3)18-13(16)10-17-12-6-4-5-11(9-12)7-8-15/h4-6,9H,7-8,10,15H2,1-3H3. The average Bonchev–Trinajstić information content (AvgIpc) is 2.25. The van der Waals surface area contributed by atoms with Gasteiger partial charge in [-0.2, -0.15) is 0 Å². The summed E-state index contributed by atoms with van der Waals surface area (Å²) >= 11 is 0. The summed E-state index contributed by atoms with van der Waals surface area (Å²) in [4.78, 5) is 11.5. The predicted molar refractivity (Wildman–Crippen MR) is 70.5 cm³/mol. The van der Waals surface area contributed by atoms with Crippen molar-refractivity contribution in [3.8, 4) is 5.75 Å².